The maximum Gasteiger partial charge on any atom is 0.241 e. The lowest BCUT2D eigenvalue weighted by molar-refractivity contribution is -0.143. The summed E-state index contributed by atoms with van der Waals surface area (Å²) in [5.74, 6) is 0.100. The Kier molecular flexibility index (Phi) is 3.50. The molecule has 0 unspecified atom stereocenters. The molecule has 18 heavy (non-hydrogen) atoms. The first kappa shape index (κ1) is 12.4. The lowest BCUT2D eigenvalue weighted by Crippen LogP contribution is -2.51. The molecule has 96 valence electrons. The van der Waals surface area contributed by atoms with E-state index in [1.807, 2.05) is 0 Å². The number of hydrogen-bond donors (Lipinski definition) is 1. The van der Waals surface area contributed by atoms with E-state index in [-0.39, 0.29) is 30.5 Å². The third kappa shape index (κ3) is 2.80. The minimum Gasteiger partial charge on any atom is -0.508 e. The number of carbonyl (C=O) groups is 2. The molecule has 0 atom stereocenters. The van der Waals surface area contributed by atoms with Crippen molar-refractivity contribution in [2.75, 3.05) is 26.7 Å². The van der Waals surface area contributed by atoms with Crippen LogP contribution in [0.4, 0.5) is 0 Å². The number of aromatic hydroxyl groups is 1. The van der Waals surface area contributed by atoms with Crippen molar-refractivity contribution in [3.8, 4) is 5.75 Å². The van der Waals surface area contributed by atoms with Gasteiger partial charge in [-0.3, -0.25) is 9.59 Å². The fourth-order valence-corrected chi connectivity index (χ4v) is 1.87. The minimum atomic E-state index is -0.0536. The number of hydrogen-bond acceptors (Lipinski definition) is 3. The first-order chi connectivity index (χ1) is 8.56. The zero-order chi connectivity index (χ0) is 13.1. The highest BCUT2D eigenvalue weighted by Crippen LogP contribution is 2.11. The quantitative estimate of drug-likeness (QED) is 0.815. The zero-order valence-corrected chi connectivity index (χ0v) is 10.3. The van der Waals surface area contributed by atoms with Crippen LogP contribution in [0.15, 0.2) is 24.3 Å². The van der Waals surface area contributed by atoms with Crippen LogP contribution >= 0.6 is 0 Å². The summed E-state index contributed by atoms with van der Waals surface area (Å²) >= 11 is 0. The number of nitrogens with zero attached hydrogens (tertiary/aromatic N) is 2. The van der Waals surface area contributed by atoms with E-state index in [4.69, 9.17) is 5.11 Å². The molecule has 1 N–H and O–H groups in total. The second kappa shape index (κ2) is 5.08. The molecule has 1 fully saturated rings. The molecule has 0 aromatic heterocycles. The van der Waals surface area contributed by atoms with Crippen molar-refractivity contribution in [2.45, 2.75) is 6.42 Å². The summed E-state index contributed by atoms with van der Waals surface area (Å²) < 4.78 is 0. The molecule has 2 rings (SSSR count). The number of phenols is 1. The van der Waals surface area contributed by atoms with Crippen molar-refractivity contribution in [3.05, 3.63) is 29.8 Å². The minimum absolute atomic E-state index is 0.0275. The van der Waals surface area contributed by atoms with Gasteiger partial charge in [-0.05, 0) is 17.7 Å². The highest BCUT2D eigenvalue weighted by molar-refractivity contribution is 5.86. The molecule has 1 aliphatic heterocycles. The number of amides is 2. The average Bonchev–Trinajstić information content (AvgIpc) is 2.35. The van der Waals surface area contributed by atoms with Crippen LogP contribution in [0.25, 0.3) is 0 Å². The maximum absolute atomic E-state index is 12.0. The lowest BCUT2D eigenvalue weighted by Gasteiger charge is -2.32. The molecule has 2 amide bonds. The second-order valence-corrected chi connectivity index (χ2v) is 4.47. The van der Waals surface area contributed by atoms with Crippen LogP contribution < -0.4 is 0 Å². The predicted octanol–water partition coefficient (Wildman–Crippen LogP) is 0.235. The fraction of sp³-hybridized carbons (Fsp3) is 0.385. The third-order valence-electron chi connectivity index (χ3n) is 3.10. The maximum atomic E-state index is 12.0. The number of likely N-dealkylation sites (N-methyl/N-ethyl adjacent to an activating group) is 1. The molecule has 0 radical (unpaired) electrons. The standard InChI is InChI=1S/C13H16N2O3/c1-14-6-7-15(9-13(14)18)12(17)8-10-2-4-11(16)5-3-10/h2-5,16H,6-9H2,1H3. The summed E-state index contributed by atoms with van der Waals surface area (Å²) in [6.45, 7) is 1.33. The Hall–Kier alpha value is -2.04. The van der Waals surface area contributed by atoms with E-state index < -0.39 is 0 Å². The molecule has 1 aromatic carbocycles. The van der Waals surface area contributed by atoms with E-state index >= 15 is 0 Å². The van der Waals surface area contributed by atoms with E-state index in [9.17, 15) is 9.59 Å². The highest BCUT2D eigenvalue weighted by atomic mass is 16.3. The van der Waals surface area contributed by atoms with Gasteiger partial charge in [0.2, 0.25) is 11.8 Å². The van der Waals surface area contributed by atoms with Crippen molar-refractivity contribution in [1.29, 1.82) is 0 Å². The molecule has 0 aliphatic carbocycles. The Morgan fingerprint density at radius 3 is 2.56 bits per heavy atom. The molecular weight excluding hydrogens is 232 g/mol. The number of rotatable bonds is 2. The van der Waals surface area contributed by atoms with Gasteiger partial charge in [0.25, 0.3) is 0 Å². The van der Waals surface area contributed by atoms with E-state index in [0.29, 0.717) is 13.1 Å². The summed E-state index contributed by atoms with van der Waals surface area (Å²) in [5, 5.41) is 9.16. The van der Waals surface area contributed by atoms with Crippen LogP contribution in [0.2, 0.25) is 0 Å². The number of phenolic OH excluding ortho intramolecular Hbond substituents is 1. The Labute approximate surface area is 106 Å². The SMILES string of the molecule is CN1CCN(C(=O)Cc2ccc(O)cc2)CC1=O. The van der Waals surface area contributed by atoms with Crippen LogP contribution in [-0.4, -0.2) is 53.4 Å². The Balaban J connectivity index is 1.96. The van der Waals surface area contributed by atoms with Crippen LogP contribution in [0.1, 0.15) is 5.56 Å². The van der Waals surface area contributed by atoms with Gasteiger partial charge in [0.1, 0.15) is 5.75 Å². The van der Waals surface area contributed by atoms with Gasteiger partial charge >= 0.3 is 0 Å². The molecule has 5 heteroatoms. The van der Waals surface area contributed by atoms with Gasteiger partial charge < -0.3 is 14.9 Å². The first-order valence-electron chi connectivity index (χ1n) is 5.86. The van der Waals surface area contributed by atoms with Crippen molar-refractivity contribution < 1.29 is 14.7 Å². The Morgan fingerprint density at radius 2 is 1.94 bits per heavy atom. The largest absolute Gasteiger partial charge is 0.508 e. The van der Waals surface area contributed by atoms with Crippen LogP contribution in [-0.2, 0) is 16.0 Å². The summed E-state index contributed by atoms with van der Waals surface area (Å²) in [6, 6.07) is 6.53. The van der Waals surface area contributed by atoms with Crippen molar-refractivity contribution in [1.82, 2.24) is 9.80 Å². The van der Waals surface area contributed by atoms with Crippen molar-refractivity contribution in [2.24, 2.45) is 0 Å². The van der Waals surface area contributed by atoms with Gasteiger partial charge in [-0.1, -0.05) is 12.1 Å². The van der Waals surface area contributed by atoms with Gasteiger partial charge in [0.05, 0.1) is 13.0 Å². The fourth-order valence-electron chi connectivity index (χ4n) is 1.87. The molecule has 5 nitrogen and oxygen atoms in total. The topological polar surface area (TPSA) is 60.9 Å². The Bertz CT molecular complexity index is 456. The van der Waals surface area contributed by atoms with E-state index in [2.05, 4.69) is 0 Å². The second-order valence-electron chi connectivity index (χ2n) is 4.47. The average molecular weight is 248 g/mol. The van der Waals surface area contributed by atoms with Gasteiger partial charge in [0, 0.05) is 20.1 Å². The number of piperazine rings is 1. The molecule has 0 spiro atoms. The van der Waals surface area contributed by atoms with Gasteiger partial charge in [-0.25, -0.2) is 0 Å². The van der Waals surface area contributed by atoms with Gasteiger partial charge in [0.15, 0.2) is 0 Å². The molecular formula is C13H16N2O3. The Morgan fingerprint density at radius 1 is 1.28 bits per heavy atom. The molecule has 0 bridgehead atoms. The van der Waals surface area contributed by atoms with Crippen LogP contribution in [0.3, 0.4) is 0 Å². The van der Waals surface area contributed by atoms with Crippen LogP contribution in [0.5, 0.6) is 5.75 Å². The molecule has 0 saturated carbocycles. The summed E-state index contributed by atoms with van der Waals surface area (Å²) in [7, 11) is 1.74. The van der Waals surface area contributed by atoms with Gasteiger partial charge in [-0.15, -0.1) is 0 Å². The lowest BCUT2D eigenvalue weighted by atomic mass is 10.1. The van der Waals surface area contributed by atoms with E-state index in [1.54, 1.807) is 41.1 Å². The first-order valence-corrected chi connectivity index (χ1v) is 5.86. The van der Waals surface area contributed by atoms with Crippen molar-refractivity contribution >= 4 is 11.8 Å². The van der Waals surface area contributed by atoms with Gasteiger partial charge in [-0.2, -0.15) is 0 Å². The number of benzene rings is 1. The molecule has 1 heterocycles. The van der Waals surface area contributed by atoms with Crippen LogP contribution in [0, 0.1) is 0 Å². The molecule has 1 aliphatic rings. The zero-order valence-electron chi connectivity index (χ0n) is 10.3. The summed E-state index contributed by atoms with van der Waals surface area (Å²) in [4.78, 5) is 26.7. The molecule has 1 aromatic rings. The summed E-state index contributed by atoms with van der Waals surface area (Å²) in [5.41, 5.74) is 0.837. The smallest absolute Gasteiger partial charge is 0.241 e. The normalized spacial score (nSPS) is 15.9. The third-order valence-corrected chi connectivity index (χ3v) is 3.10. The van der Waals surface area contributed by atoms with E-state index in [0.717, 1.165) is 5.56 Å². The summed E-state index contributed by atoms with van der Waals surface area (Å²) in [6.07, 6.45) is 0.261. The predicted molar refractivity (Wildman–Crippen MR) is 66.0 cm³/mol. The number of carbonyl (C=O) groups excluding carboxylic acids is 2. The monoisotopic (exact) mass is 248 g/mol. The highest BCUT2D eigenvalue weighted by Gasteiger charge is 2.24. The van der Waals surface area contributed by atoms with Crippen molar-refractivity contribution in [3.63, 3.8) is 0 Å². The van der Waals surface area contributed by atoms with E-state index in [1.165, 1.54) is 0 Å². The molecule has 1 saturated heterocycles.